The van der Waals surface area contributed by atoms with Crippen molar-refractivity contribution < 1.29 is 37.0 Å². The molecule has 2 aliphatic rings. The molecule has 1 aromatic heterocycles. The molecule has 1 saturated heterocycles. The number of amides is 3. The minimum Gasteiger partial charge on any atom is -0.464 e. The number of rotatable bonds is 9. The summed E-state index contributed by atoms with van der Waals surface area (Å²) in [5.41, 5.74) is 0.889. The van der Waals surface area contributed by atoms with Crippen molar-refractivity contribution in [2.75, 3.05) is 31.8 Å². The van der Waals surface area contributed by atoms with Gasteiger partial charge in [-0.2, -0.15) is 0 Å². The number of urea groups is 1. The Morgan fingerprint density at radius 3 is 2.56 bits per heavy atom. The normalized spacial score (nSPS) is 15.8. The van der Waals surface area contributed by atoms with Gasteiger partial charge in [0.1, 0.15) is 18.1 Å². The zero-order valence-electron chi connectivity index (χ0n) is 21.5. The van der Waals surface area contributed by atoms with Crippen molar-refractivity contribution in [2.45, 2.75) is 39.0 Å². The molecule has 1 fully saturated rings. The summed E-state index contributed by atoms with van der Waals surface area (Å²) in [6, 6.07) is 11.5. The predicted octanol–water partition coefficient (Wildman–Crippen LogP) is 4.84. The van der Waals surface area contributed by atoms with E-state index in [1.807, 2.05) is 25.1 Å². The van der Waals surface area contributed by atoms with Crippen LogP contribution in [0.4, 0.5) is 19.3 Å². The van der Waals surface area contributed by atoms with Gasteiger partial charge in [-0.25, -0.2) is 13.6 Å². The van der Waals surface area contributed by atoms with Crippen LogP contribution in [0.5, 0.6) is 11.5 Å². The van der Waals surface area contributed by atoms with Crippen LogP contribution in [0.3, 0.4) is 0 Å². The molecule has 0 aliphatic carbocycles. The average Bonchev–Trinajstić information content (AvgIpc) is 3.68. The summed E-state index contributed by atoms with van der Waals surface area (Å²) in [6.07, 6.45) is 1.37. The van der Waals surface area contributed by atoms with Crippen molar-refractivity contribution in [3.63, 3.8) is 0 Å². The van der Waals surface area contributed by atoms with E-state index in [9.17, 15) is 18.4 Å². The van der Waals surface area contributed by atoms with Crippen molar-refractivity contribution in [3.8, 4) is 11.5 Å². The van der Waals surface area contributed by atoms with Gasteiger partial charge in [-0.05, 0) is 61.7 Å². The number of furan rings is 1. The second-order valence-electron chi connectivity index (χ2n) is 9.52. The maximum atomic E-state index is 13.7. The number of hydrogen-bond donors (Lipinski definition) is 1. The molecule has 0 bridgehead atoms. The third-order valence-corrected chi connectivity index (χ3v) is 6.54. The van der Waals surface area contributed by atoms with E-state index in [1.54, 1.807) is 17.0 Å². The minimum atomic E-state index is -1.09. The first-order chi connectivity index (χ1) is 18.8. The fraction of sp³-hybridized carbons (Fsp3) is 0.357. The van der Waals surface area contributed by atoms with Crippen LogP contribution in [0.15, 0.2) is 52.9 Å². The van der Waals surface area contributed by atoms with Crippen LogP contribution in [0, 0.1) is 18.6 Å². The molecule has 5 rings (SSSR count). The Labute approximate surface area is 224 Å². The maximum Gasteiger partial charge on any atom is 0.322 e. The van der Waals surface area contributed by atoms with Crippen molar-refractivity contribution in [1.29, 1.82) is 0 Å². The van der Waals surface area contributed by atoms with Crippen molar-refractivity contribution >= 4 is 17.6 Å². The third-order valence-electron chi connectivity index (χ3n) is 6.54. The van der Waals surface area contributed by atoms with E-state index in [0.717, 1.165) is 30.5 Å². The molecule has 1 N–H and O–H groups in total. The number of benzene rings is 2. The second-order valence-corrected chi connectivity index (χ2v) is 9.52. The molecule has 39 heavy (non-hydrogen) atoms. The topological polar surface area (TPSA) is 93.5 Å². The molecule has 9 nitrogen and oxygen atoms in total. The number of anilines is 1. The lowest BCUT2D eigenvalue weighted by Gasteiger charge is -2.29. The number of nitrogens with zero attached hydrogens (tertiary/aromatic N) is 2. The molecule has 3 aromatic rings. The van der Waals surface area contributed by atoms with Gasteiger partial charge in [0.25, 0.3) is 0 Å². The highest BCUT2D eigenvalue weighted by atomic mass is 19.2. The highest BCUT2D eigenvalue weighted by molar-refractivity contribution is 5.92. The molecule has 1 atom stereocenters. The van der Waals surface area contributed by atoms with Crippen LogP contribution in [0.25, 0.3) is 0 Å². The number of halogens is 2. The molecule has 2 aromatic carbocycles. The fourth-order valence-corrected chi connectivity index (χ4v) is 4.54. The van der Waals surface area contributed by atoms with E-state index in [-0.39, 0.29) is 50.7 Å². The predicted molar refractivity (Wildman–Crippen MR) is 136 cm³/mol. The monoisotopic (exact) mass is 541 g/mol. The Bertz CT molecular complexity index is 1340. The largest absolute Gasteiger partial charge is 0.464 e. The quantitative estimate of drug-likeness (QED) is 0.417. The van der Waals surface area contributed by atoms with Crippen LogP contribution in [0.2, 0.25) is 0 Å². The van der Waals surface area contributed by atoms with E-state index in [4.69, 9.17) is 18.6 Å². The SMILES string of the molecule is Cc1ccc(CN(Cc2ccc3c(c2)OCO3)C(=O)CN(CC2CCCO2)C(=O)Nc2ccc(F)c(F)c2)o1. The Morgan fingerprint density at radius 2 is 1.82 bits per heavy atom. The first-order valence-corrected chi connectivity index (χ1v) is 12.7. The summed E-state index contributed by atoms with van der Waals surface area (Å²) < 4.78 is 49.4. The molecule has 3 amide bonds. The fourth-order valence-electron chi connectivity index (χ4n) is 4.54. The molecule has 3 heterocycles. The Balaban J connectivity index is 1.35. The lowest BCUT2D eigenvalue weighted by molar-refractivity contribution is -0.133. The first kappa shape index (κ1) is 26.5. The smallest absolute Gasteiger partial charge is 0.322 e. The van der Waals surface area contributed by atoms with Crippen LogP contribution >= 0.6 is 0 Å². The van der Waals surface area contributed by atoms with E-state index in [2.05, 4.69) is 5.32 Å². The van der Waals surface area contributed by atoms with E-state index in [1.165, 1.54) is 11.0 Å². The van der Waals surface area contributed by atoms with Gasteiger partial charge in [0, 0.05) is 31.5 Å². The highest BCUT2D eigenvalue weighted by Crippen LogP contribution is 2.33. The zero-order chi connectivity index (χ0) is 27.4. The molecule has 0 spiro atoms. The molecule has 0 saturated carbocycles. The standard InChI is InChI=1S/C28H29F2N3O6/c1-18-4-7-22(39-18)15-32(13-19-5-9-25-26(11-19)38-17-37-25)27(34)16-33(14-21-3-2-10-36-21)28(35)31-20-6-8-23(29)24(30)12-20/h4-9,11-12,21H,2-3,10,13-17H2,1H3,(H,31,35). The highest BCUT2D eigenvalue weighted by Gasteiger charge is 2.27. The summed E-state index contributed by atoms with van der Waals surface area (Å²) in [5, 5.41) is 2.56. The molecule has 206 valence electrons. The number of nitrogens with one attached hydrogen (secondary N) is 1. The minimum absolute atomic E-state index is 0.0759. The summed E-state index contributed by atoms with van der Waals surface area (Å²) in [4.78, 5) is 29.8. The molecular formula is C28H29F2N3O6. The summed E-state index contributed by atoms with van der Waals surface area (Å²) in [7, 11) is 0. The van der Waals surface area contributed by atoms with Gasteiger partial charge in [0.05, 0.1) is 12.6 Å². The van der Waals surface area contributed by atoms with E-state index >= 15 is 0 Å². The first-order valence-electron chi connectivity index (χ1n) is 12.7. The van der Waals surface area contributed by atoms with Crippen molar-refractivity contribution in [3.05, 3.63) is 77.2 Å². The van der Waals surface area contributed by atoms with E-state index in [0.29, 0.717) is 29.6 Å². The van der Waals surface area contributed by atoms with Crippen molar-refractivity contribution in [1.82, 2.24) is 9.80 Å². The summed E-state index contributed by atoms with van der Waals surface area (Å²) in [6.45, 7) is 2.84. The van der Waals surface area contributed by atoms with Crippen LogP contribution in [-0.4, -0.2) is 54.3 Å². The van der Waals surface area contributed by atoms with Gasteiger partial charge in [-0.3, -0.25) is 4.79 Å². The zero-order valence-corrected chi connectivity index (χ0v) is 21.5. The lowest BCUT2D eigenvalue weighted by atomic mass is 10.1. The maximum absolute atomic E-state index is 13.7. The molecule has 11 heteroatoms. The Hall–Kier alpha value is -4.12. The van der Waals surface area contributed by atoms with Gasteiger partial charge < -0.3 is 33.7 Å². The molecular weight excluding hydrogens is 512 g/mol. The van der Waals surface area contributed by atoms with Gasteiger partial charge in [0.15, 0.2) is 23.1 Å². The van der Waals surface area contributed by atoms with Gasteiger partial charge in [0.2, 0.25) is 12.7 Å². The summed E-state index contributed by atoms with van der Waals surface area (Å²) in [5.74, 6) is 0.101. The van der Waals surface area contributed by atoms with Crippen LogP contribution < -0.4 is 14.8 Å². The average molecular weight is 542 g/mol. The third kappa shape index (κ3) is 6.66. The number of aryl methyl sites for hydroxylation is 1. The summed E-state index contributed by atoms with van der Waals surface area (Å²) >= 11 is 0. The number of ether oxygens (including phenoxy) is 3. The van der Waals surface area contributed by atoms with Gasteiger partial charge in [-0.15, -0.1) is 0 Å². The Kier molecular flexibility index (Phi) is 7.97. The molecule has 0 radical (unpaired) electrons. The number of fused-ring (bicyclic) bond motifs is 1. The molecule has 2 aliphatic heterocycles. The number of carbonyl (C=O) groups excluding carboxylic acids is 2. The van der Waals surface area contributed by atoms with Crippen molar-refractivity contribution in [2.24, 2.45) is 0 Å². The van der Waals surface area contributed by atoms with Gasteiger partial charge >= 0.3 is 6.03 Å². The second kappa shape index (κ2) is 11.7. The van der Waals surface area contributed by atoms with E-state index < -0.39 is 17.7 Å². The number of hydrogen-bond acceptors (Lipinski definition) is 6. The lowest BCUT2D eigenvalue weighted by Crippen LogP contribution is -2.46. The van der Waals surface area contributed by atoms with Gasteiger partial charge in [-0.1, -0.05) is 6.07 Å². The molecule has 1 unspecified atom stereocenters. The number of carbonyl (C=O) groups is 2. The van der Waals surface area contributed by atoms with Crippen LogP contribution in [0.1, 0.15) is 29.9 Å². The van der Waals surface area contributed by atoms with Crippen LogP contribution in [-0.2, 0) is 22.6 Å². The Morgan fingerprint density at radius 1 is 0.974 bits per heavy atom.